The van der Waals surface area contributed by atoms with Crippen LogP contribution in [0.15, 0.2) is 43.2 Å². The van der Waals surface area contributed by atoms with Gasteiger partial charge in [0.1, 0.15) is 35.1 Å². The molecule has 4 rings (SSSR count). The molecule has 11 nitrogen and oxygen atoms in total. The van der Waals surface area contributed by atoms with E-state index in [1.165, 1.54) is 30.5 Å². The quantitative estimate of drug-likeness (QED) is 0.201. The van der Waals surface area contributed by atoms with Gasteiger partial charge in [-0.05, 0) is 30.7 Å². The molecule has 0 bridgehead atoms. The van der Waals surface area contributed by atoms with Gasteiger partial charge < -0.3 is 36.0 Å². The first kappa shape index (κ1) is 34.1. The van der Waals surface area contributed by atoms with Crippen molar-refractivity contribution in [2.45, 2.75) is 44.8 Å². The predicted octanol–water partition coefficient (Wildman–Crippen LogP) is 3.50. The van der Waals surface area contributed by atoms with Gasteiger partial charge in [-0.1, -0.05) is 31.5 Å². The van der Waals surface area contributed by atoms with Crippen molar-refractivity contribution >= 4 is 45.8 Å². The van der Waals surface area contributed by atoms with E-state index < -0.39 is 28.8 Å². The van der Waals surface area contributed by atoms with Crippen LogP contribution in [0.2, 0.25) is 5.02 Å². The molecular formula is C28H34ClF2N5O6. The molecule has 6 N–H and O–H groups in total. The fourth-order valence-electron chi connectivity index (χ4n) is 4.52. The van der Waals surface area contributed by atoms with E-state index in [0.29, 0.717) is 41.9 Å². The second kappa shape index (κ2) is 15.2. The standard InChI is InChI=1S/C28H30ClF2N5O4.2H2O/c1-4-6-10-32-28(38)21-12-16(9-11-36(21)24(37)5-2)40-23-13-17-20(14-22(23)39-3)33-15-34-27(17)35-19-8-7-18(30)25(29)26(19)31;;/h5,7-8,13-16,21H,2,4,6,9-12H2,1,3H3,(H,32,38)(H,33,34,35);2*1H2/t16-,21-;;/m1../s1. The van der Waals surface area contributed by atoms with E-state index >= 15 is 0 Å². The number of likely N-dealkylation sites (tertiary alicyclic amines) is 1. The summed E-state index contributed by atoms with van der Waals surface area (Å²) in [6, 6.07) is 4.84. The Morgan fingerprint density at radius 2 is 1.98 bits per heavy atom. The lowest BCUT2D eigenvalue weighted by atomic mass is 9.98. The first-order valence-corrected chi connectivity index (χ1v) is 13.3. The van der Waals surface area contributed by atoms with Crippen LogP contribution >= 0.6 is 11.6 Å². The Morgan fingerprint density at radius 1 is 1.21 bits per heavy atom. The van der Waals surface area contributed by atoms with Gasteiger partial charge in [-0.2, -0.15) is 0 Å². The summed E-state index contributed by atoms with van der Waals surface area (Å²) >= 11 is 5.73. The van der Waals surface area contributed by atoms with Crippen molar-refractivity contribution in [2.24, 2.45) is 0 Å². The number of methoxy groups -OCH3 is 1. The molecule has 1 aliphatic heterocycles. The zero-order valence-corrected chi connectivity index (χ0v) is 23.9. The van der Waals surface area contributed by atoms with E-state index in [1.807, 2.05) is 6.92 Å². The number of ether oxygens (including phenoxy) is 2. The van der Waals surface area contributed by atoms with Gasteiger partial charge in [0.15, 0.2) is 17.3 Å². The highest BCUT2D eigenvalue weighted by Crippen LogP contribution is 2.37. The predicted molar refractivity (Wildman–Crippen MR) is 155 cm³/mol. The number of hydrogen-bond acceptors (Lipinski definition) is 7. The Hall–Kier alpha value is -4.07. The smallest absolute Gasteiger partial charge is 0.246 e. The normalized spacial score (nSPS) is 16.1. The summed E-state index contributed by atoms with van der Waals surface area (Å²) in [5.41, 5.74) is 0.413. The maximum Gasteiger partial charge on any atom is 0.246 e. The molecule has 42 heavy (non-hydrogen) atoms. The van der Waals surface area contributed by atoms with Crippen LogP contribution in [0.25, 0.3) is 10.9 Å². The lowest BCUT2D eigenvalue weighted by molar-refractivity contribution is -0.140. The van der Waals surface area contributed by atoms with Crippen molar-refractivity contribution in [2.75, 3.05) is 25.5 Å². The highest BCUT2D eigenvalue weighted by Gasteiger charge is 2.36. The Balaban J connectivity index is 0.00000308. The molecule has 0 radical (unpaired) electrons. The minimum Gasteiger partial charge on any atom is -0.493 e. The highest BCUT2D eigenvalue weighted by molar-refractivity contribution is 6.31. The van der Waals surface area contributed by atoms with Crippen LogP contribution in [0.4, 0.5) is 20.3 Å². The molecule has 0 aliphatic carbocycles. The molecule has 2 heterocycles. The Morgan fingerprint density at radius 3 is 2.67 bits per heavy atom. The first-order valence-electron chi connectivity index (χ1n) is 12.9. The summed E-state index contributed by atoms with van der Waals surface area (Å²) in [6.45, 7) is 6.40. The molecule has 1 aliphatic rings. The summed E-state index contributed by atoms with van der Waals surface area (Å²) in [5.74, 6) is -1.43. The van der Waals surface area contributed by atoms with Crippen LogP contribution in [0, 0.1) is 11.6 Å². The number of carbonyl (C=O) groups is 2. The zero-order chi connectivity index (χ0) is 28.8. The second-order valence-electron chi connectivity index (χ2n) is 9.25. The van der Waals surface area contributed by atoms with Crippen LogP contribution in [0.3, 0.4) is 0 Å². The molecule has 1 saturated heterocycles. The number of piperidine rings is 1. The molecule has 0 saturated carbocycles. The van der Waals surface area contributed by atoms with E-state index in [-0.39, 0.29) is 40.7 Å². The van der Waals surface area contributed by atoms with Crippen LogP contribution < -0.4 is 20.1 Å². The molecule has 2 atom stereocenters. The van der Waals surface area contributed by atoms with E-state index in [0.717, 1.165) is 18.9 Å². The number of hydrogen-bond donors (Lipinski definition) is 2. The second-order valence-corrected chi connectivity index (χ2v) is 9.63. The lowest BCUT2D eigenvalue weighted by Crippen LogP contribution is -2.55. The van der Waals surface area contributed by atoms with Crippen molar-refractivity contribution in [1.82, 2.24) is 20.2 Å². The van der Waals surface area contributed by atoms with Crippen molar-refractivity contribution < 1.29 is 38.8 Å². The van der Waals surface area contributed by atoms with Gasteiger partial charge in [0.25, 0.3) is 0 Å². The fourth-order valence-corrected chi connectivity index (χ4v) is 4.69. The molecule has 2 aromatic carbocycles. The van der Waals surface area contributed by atoms with E-state index in [1.54, 1.807) is 12.1 Å². The molecule has 0 spiro atoms. The first-order chi connectivity index (χ1) is 19.3. The molecule has 14 heteroatoms. The van der Waals surface area contributed by atoms with Crippen molar-refractivity contribution in [1.29, 1.82) is 0 Å². The van der Waals surface area contributed by atoms with Crippen molar-refractivity contribution in [3.05, 3.63) is 59.9 Å². The maximum atomic E-state index is 14.6. The Bertz CT molecular complexity index is 1430. The van der Waals surface area contributed by atoms with Crippen molar-refractivity contribution in [3.63, 3.8) is 0 Å². The number of fused-ring (bicyclic) bond motifs is 1. The number of anilines is 2. The monoisotopic (exact) mass is 609 g/mol. The average molecular weight is 610 g/mol. The Kier molecular flexibility index (Phi) is 12.4. The largest absolute Gasteiger partial charge is 0.493 e. The number of benzene rings is 2. The SMILES string of the molecule is C=CC(=O)N1CC[C@@H](Oc2cc3c(Nc4ccc(F)c(Cl)c4F)ncnc3cc2OC)C[C@@H]1C(=O)NCCCC.O.O. The highest BCUT2D eigenvalue weighted by atomic mass is 35.5. The van der Waals surface area contributed by atoms with Gasteiger partial charge in [-0.15, -0.1) is 0 Å². The number of nitrogens with zero attached hydrogens (tertiary/aromatic N) is 3. The third kappa shape index (κ3) is 7.41. The van der Waals surface area contributed by atoms with Crippen LogP contribution in [0.5, 0.6) is 11.5 Å². The van der Waals surface area contributed by atoms with Gasteiger partial charge in [0.05, 0.1) is 18.3 Å². The number of nitrogens with one attached hydrogen (secondary N) is 2. The maximum absolute atomic E-state index is 14.6. The lowest BCUT2D eigenvalue weighted by Gasteiger charge is -2.38. The molecule has 1 fully saturated rings. The van der Waals surface area contributed by atoms with Gasteiger partial charge in [-0.25, -0.2) is 18.7 Å². The number of amides is 2. The average Bonchev–Trinajstić information content (AvgIpc) is 2.97. The molecule has 0 unspecified atom stereocenters. The molecule has 228 valence electrons. The van der Waals surface area contributed by atoms with Gasteiger partial charge in [0, 0.05) is 37.4 Å². The molecule has 3 aromatic rings. The number of carbonyl (C=O) groups excluding carboxylic acids is 2. The minimum atomic E-state index is -0.956. The van der Waals surface area contributed by atoms with Crippen LogP contribution in [-0.4, -0.2) is 70.0 Å². The topological polar surface area (TPSA) is 169 Å². The van der Waals surface area contributed by atoms with Gasteiger partial charge >= 0.3 is 0 Å². The molecule has 2 amide bonds. The number of aromatic nitrogens is 2. The number of halogens is 3. The number of unbranched alkanes of at least 4 members (excludes halogenated alkanes) is 1. The van der Waals surface area contributed by atoms with Crippen LogP contribution in [0.1, 0.15) is 32.6 Å². The van der Waals surface area contributed by atoms with Gasteiger partial charge in [-0.3, -0.25) is 9.59 Å². The van der Waals surface area contributed by atoms with E-state index in [2.05, 4.69) is 27.2 Å². The summed E-state index contributed by atoms with van der Waals surface area (Å²) < 4.78 is 40.1. The summed E-state index contributed by atoms with van der Waals surface area (Å²) in [5, 5.41) is 5.59. The third-order valence-corrected chi connectivity index (χ3v) is 6.99. The van der Waals surface area contributed by atoms with Gasteiger partial charge in [0.2, 0.25) is 11.8 Å². The summed E-state index contributed by atoms with van der Waals surface area (Å²) in [6.07, 6.45) is 4.55. The summed E-state index contributed by atoms with van der Waals surface area (Å²) in [7, 11) is 1.49. The molecular weight excluding hydrogens is 576 g/mol. The zero-order valence-electron chi connectivity index (χ0n) is 23.2. The minimum absolute atomic E-state index is 0. The molecule has 1 aromatic heterocycles. The van der Waals surface area contributed by atoms with Crippen molar-refractivity contribution in [3.8, 4) is 11.5 Å². The number of rotatable bonds is 10. The summed E-state index contributed by atoms with van der Waals surface area (Å²) in [4.78, 5) is 35.4. The Labute approximate surface area is 246 Å². The third-order valence-electron chi connectivity index (χ3n) is 6.65. The van der Waals surface area contributed by atoms with E-state index in [4.69, 9.17) is 21.1 Å². The fraction of sp³-hybridized carbons (Fsp3) is 0.357. The van der Waals surface area contributed by atoms with E-state index in [9.17, 15) is 18.4 Å². The van der Waals surface area contributed by atoms with Crippen LogP contribution in [-0.2, 0) is 9.59 Å².